The molecule has 0 aliphatic carbocycles. The number of benzene rings is 1. The first kappa shape index (κ1) is 15.6. The van der Waals surface area contributed by atoms with Gasteiger partial charge in [0, 0.05) is 16.7 Å². The molecule has 0 bridgehead atoms. The second-order valence-corrected chi connectivity index (χ2v) is 9.16. The van der Waals surface area contributed by atoms with Crippen LogP contribution in [0.2, 0.25) is 0 Å². The molecule has 2 aromatic rings. The monoisotopic (exact) mass is 337 g/mol. The van der Waals surface area contributed by atoms with Gasteiger partial charge in [-0.2, -0.15) is 0 Å². The van der Waals surface area contributed by atoms with Crippen LogP contribution in [0, 0.1) is 5.41 Å². The fourth-order valence-electron chi connectivity index (χ4n) is 2.68. The molecule has 5 nitrogen and oxygen atoms in total. The van der Waals surface area contributed by atoms with E-state index in [0.29, 0.717) is 5.16 Å². The van der Waals surface area contributed by atoms with Crippen molar-refractivity contribution < 1.29 is 8.42 Å². The van der Waals surface area contributed by atoms with Gasteiger partial charge in [-0.3, -0.25) is 5.10 Å². The highest BCUT2D eigenvalue weighted by molar-refractivity contribution is 7.99. The van der Waals surface area contributed by atoms with E-state index < -0.39 is 9.84 Å². The Bertz CT molecular complexity index is 754. The SMILES string of the molecule is CCc1ccc(-c2nc(SCC3(C)CS(=O)(=O)C3)n[nH]2)cc1. The van der Waals surface area contributed by atoms with E-state index in [1.54, 1.807) is 0 Å². The topological polar surface area (TPSA) is 75.7 Å². The average molecular weight is 337 g/mol. The standard InChI is InChI=1S/C15H19N3O2S2/c1-3-11-4-6-12(7-5-11)13-16-14(18-17-13)21-8-15(2)9-22(19,20)10-15/h4-7H,3,8-10H2,1-2H3,(H,16,17,18). The Kier molecular flexibility index (Phi) is 4.03. The van der Waals surface area contributed by atoms with Gasteiger partial charge in [0.05, 0.1) is 11.5 Å². The Balaban J connectivity index is 1.64. The number of hydrogen-bond donors (Lipinski definition) is 1. The molecule has 22 heavy (non-hydrogen) atoms. The molecular weight excluding hydrogens is 318 g/mol. The van der Waals surface area contributed by atoms with Crippen LogP contribution in [0.25, 0.3) is 11.4 Å². The van der Waals surface area contributed by atoms with Crippen LogP contribution >= 0.6 is 11.8 Å². The average Bonchev–Trinajstić information content (AvgIpc) is 2.92. The van der Waals surface area contributed by atoms with Crippen LogP contribution in [0.4, 0.5) is 0 Å². The van der Waals surface area contributed by atoms with Crippen molar-refractivity contribution in [2.75, 3.05) is 17.3 Å². The van der Waals surface area contributed by atoms with Crippen molar-refractivity contribution in [1.29, 1.82) is 0 Å². The quantitative estimate of drug-likeness (QED) is 0.849. The van der Waals surface area contributed by atoms with E-state index in [0.717, 1.165) is 23.6 Å². The highest BCUT2D eigenvalue weighted by Gasteiger charge is 2.44. The second-order valence-electron chi connectivity index (χ2n) is 6.15. The van der Waals surface area contributed by atoms with Crippen molar-refractivity contribution in [3.8, 4) is 11.4 Å². The molecule has 1 saturated heterocycles. The highest BCUT2D eigenvalue weighted by atomic mass is 32.2. The zero-order valence-electron chi connectivity index (χ0n) is 12.7. The van der Waals surface area contributed by atoms with Crippen LogP contribution in [0.5, 0.6) is 0 Å². The number of aryl methyl sites for hydroxylation is 1. The third-order valence-corrected chi connectivity index (χ3v) is 7.34. The summed E-state index contributed by atoms with van der Waals surface area (Å²) in [6.45, 7) is 4.12. The number of hydrogen-bond acceptors (Lipinski definition) is 5. The zero-order chi connectivity index (χ0) is 15.8. The molecule has 1 fully saturated rings. The Labute approximate surface area is 134 Å². The summed E-state index contributed by atoms with van der Waals surface area (Å²) in [7, 11) is -2.80. The largest absolute Gasteiger partial charge is 0.258 e. The second kappa shape index (κ2) is 5.70. The first-order valence-electron chi connectivity index (χ1n) is 7.24. The summed E-state index contributed by atoms with van der Waals surface area (Å²) in [6, 6.07) is 8.25. The van der Waals surface area contributed by atoms with Crippen molar-refractivity contribution in [3.05, 3.63) is 29.8 Å². The lowest BCUT2D eigenvalue weighted by atomic mass is 9.98. The summed E-state index contributed by atoms with van der Waals surface area (Å²) in [6.07, 6.45) is 1.01. The minimum absolute atomic E-state index is 0.146. The maximum absolute atomic E-state index is 11.3. The van der Waals surface area contributed by atoms with Gasteiger partial charge in [-0.05, 0) is 12.0 Å². The predicted molar refractivity (Wildman–Crippen MR) is 88.7 cm³/mol. The van der Waals surface area contributed by atoms with Gasteiger partial charge in [0.15, 0.2) is 15.7 Å². The van der Waals surface area contributed by atoms with Gasteiger partial charge in [0.1, 0.15) is 0 Å². The molecule has 1 aliphatic rings. The first-order valence-corrected chi connectivity index (χ1v) is 10.0. The van der Waals surface area contributed by atoms with Crippen LogP contribution in [0.3, 0.4) is 0 Å². The molecular formula is C15H19N3O2S2. The van der Waals surface area contributed by atoms with E-state index in [2.05, 4.69) is 34.2 Å². The molecule has 7 heteroatoms. The minimum atomic E-state index is -2.80. The molecule has 0 radical (unpaired) electrons. The lowest BCUT2D eigenvalue weighted by molar-refractivity contribution is 0.419. The first-order chi connectivity index (χ1) is 10.4. The van der Waals surface area contributed by atoms with Crippen LogP contribution in [-0.4, -0.2) is 40.9 Å². The molecule has 0 atom stereocenters. The normalized spacial score (nSPS) is 18.8. The van der Waals surface area contributed by atoms with E-state index in [-0.39, 0.29) is 16.9 Å². The van der Waals surface area contributed by atoms with Crippen molar-refractivity contribution in [2.24, 2.45) is 5.41 Å². The minimum Gasteiger partial charge on any atom is -0.258 e. The number of aromatic amines is 1. The highest BCUT2D eigenvalue weighted by Crippen LogP contribution is 2.37. The maximum atomic E-state index is 11.3. The third-order valence-electron chi connectivity index (χ3n) is 3.79. The summed E-state index contributed by atoms with van der Waals surface area (Å²) in [5.74, 6) is 2.00. The fraction of sp³-hybridized carbons (Fsp3) is 0.467. The van der Waals surface area contributed by atoms with E-state index in [1.165, 1.54) is 17.3 Å². The lowest BCUT2D eigenvalue weighted by Crippen LogP contribution is -2.47. The van der Waals surface area contributed by atoms with E-state index in [4.69, 9.17) is 0 Å². The Morgan fingerprint density at radius 1 is 1.27 bits per heavy atom. The van der Waals surface area contributed by atoms with Crippen molar-refractivity contribution in [2.45, 2.75) is 25.4 Å². The summed E-state index contributed by atoms with van der Waals surface area (Å²) >= 11 is 1.51. The van der Waals surface area contributed by atoms with Crippen LogP contribution in [0.1, 0.15) is 19.4 Å². The number of nitrogens with one attached hydrogen (secondary N) is 1. The van der Waals surface area contributed by atoms with Crippen molar-refractivity contribution in [1.82, 2.24) is 15.2 Å². The van der Waals surface area contributed by atoms with Crippen LogP contribution in [-0.2, 0) is 16.3 Å². The number of H-pyrrole nitrogens is 1. The molecule has 1 aromatic heterocycles. The van der Waals surface area contributed by atoms with Crippen molar-refractivity contribution >= 4 is 21.6 Å². The van der Waals surface area contributed by atoms with Crippen molar-refractivity contribution in [3.63, 3.8) is 0 Å². The molecule has 1 aliphatic heterocycles. The van der Waals surface area contributed by atoms with Gasteiger partial charge in [0.2, 0.25) is 5.16 Å². The predicted octanol–water partition coefficient (Wildman–Crippen LogP) is 2.56. The molecule has 0 spiro atoms. The third kappa shape index (κ3) is 3.35. The molecule has 0 amide bonds. The van der Waals surface area contributed by atoms with E-state index >= 15 is 0 Å². The number of nitrogens with zero attached hydrogens (tertiary/aromatic N) is 2. The van der Waals surface area contributed by atoms with E-state index in [1.807, 2.05) is 19.1 Å². The smallest absolute Gasteiger partial charge is 0.208 e. The fourth-order valence-corrected chi connectivity index (χ4v) is 6.13. The summed E-state index contributed by atoms with van der Waals surface area (Å²) in [4.78, 5) is 4.48. The van der Waals surface area contributed by atoms with Gasteiger partial charge in [0.25, 0.3) is 0 Å². The molecule has 118 valence electrons. The molecule has 3 rings (SSSR count). The molecule has 1 N–H and O–H groups in total. The van der Waals surface area contributed by atoms with Gasteiger partial charge < -0.3 is 0 Å². The Morgan fingerprint density at radius 3 is 2.55 bits per heavy atom. The molecule has 0 unspecified atom stereocenters. The van der Waals surface area contributed by atoms with Crippen LogP contribution < -0.4 is 0 Å². The summed E-state index contributed by atoms with van der Waals surface area (Å²) in [5.41, 5.74) is 2.15. The molecule has 1 aromatic carbocycles. The lowest BCUT2D eigenvalue weighted by Gasteiger charge is -2.36. The van der Waals surface area contributed by atoms with E-state index in [9.17, 15) is 8.42 Å². The number of rotatable bonds is 5. The Hall–Kier alpha value is -1.34. The van der Waals surface area contributed by atoms with Gasteiger partial charge in [-0.25, -0.2) is 13.4 Å². The molecule has 0 saturated carbocycles. The summed E-state index contributed by atoms with van der Waals surface area (Å²) < 4.78 is 22.6. The van der Waals surface area contributed by atoms with Gasteiger partial charge in [-0.1, -0.05) is 49.9 Å². The van der Waals surface area contributed by atoms with Gasteiger partial charge >= 0.3 is 0 Å². The zero-order valence-corrected chi connectivity index (χ0v) is 14.3. The molecule has 2 heterocycles. The number of sulfone groups is 1. The Morgan fingerprint density at radius 2 is 1.95 bits per heavy atom. The number of aromatic nitrogens is 3. The number of thioether (sulfide) groups is 1. The summed E-state index contributed by atoms with van der Waals surface area (Å²) in [5, 5.41) is 7.82. The maximum Gasteiger partial charge on any atom is 0.208 e. The van der Waals surface area contributed by atoms with Gasteiger partial charge in [-0.15, -0.1) is 5.10 Å². The van der Waals surface area contributed by atoms with Crippen LogP contribution in [0.15, 0.2) is 29.4 Å².